The first kappa shape index (κ1) is 13.2. The molecule has 106 valence electrons. The Kier molecular flexibility index (Phi) is 3.36. The topological polar surface area (TPSA) is 48.7 Å². The van der Waals surface area contributed by atoms with E-state index in [2.05, 4.69) is 0 Å². The highest BCUT2D eigenvalue weighted by Gasteiger charge is 2.10. The predicted molar refractivity (Wildman–Crippen MR) is 79.5 cm³/mol. The summed E-state index contributed by atoms with van der Waals surface area (Å²) in [6.45, 7) is 0. The highest BCUT2D eigenvalue weighted by molar-refractivity contribution is 5.94. The van der Waals surface area contributed by atoms with Crippen LogP contribution in [-0.4, -0.2) is 20.2 Å². The van der Waals surface area contributed by atoms with Gasteiger partial charge in [-0.3, -0.25) is 0 Å². The molecule has 0 unspecified atom stereocenters. The standard InChI is InChI=1S/C17H14O4/c1-19-14-7-5-11(6-8-14)15-9-12-3-4-13(17(18)20-2)10-16(12)21-15/h3-10H,1-2H3. The van der Waals surface area contributed by atoms with Gasteiger partial charge in [-0.2, -0.15) is 0 Å². The zero-order valence-electron chi connectivity index (χ0n) is 11.8. The molecular weight excluding hydrogens is 268 g/mol. The summed E-state index contributed by atoms with van der Waals surface area (Å²) in [5.41, 5.74) is 2.08. The molecule has 4 nitrogen and oxygen atoms in total. The molecule has 0 atom stereocenters. The number of carbonyl (C=O) groups excluding carboxylic acids is 1. The molecule has 21 heavy (non-hydrogen) atoms. The molecule has 0 saturated carbocycles. The average Bonchev–Trinajstić information content (AvgIpc) is 2.97. The maximum atomic E-state index is 11.5. The summed E-state index contributed by atoms with van der Waals surface area (Å²) >= 11 is 0. The summed E-state index contributed by atoms with van der Waals surface area (Å²) in [6, 6.07) is 14.8. The van der Waals surface area contributed by atoms with Gasteiger partial charge in [0.25, 0.3) is 0 Å². The van der Waals surface area contributed by atoms with Crippen molar-refractivity contribution >= 4 is 16.9 Å². The lowest BCUT2D eigenvalue weighted by molar-refractivity contribution is 0.0601. The number of rotatable bonds is 3. The molecule has 1 aromatic heterocycles. The van der Waals surface area contributed by atoms with Crippen LogP contribution in [0.1, 0.15) is 10.4 Å². The second kappa shape index (κ2) is 5.32. The highest BCUT2D eigenvalue weighted by atomic mass is 16.5. The summed E-state index contributed by atoms with van der Waals surface area (Å²) in [4.78, 5) is 11.5. The molecule has 0 N–H and O–H groups in total. The van der Waals surface area contributed by atoms with Crippen LogP contribution >= 0.6 is 0 Å². The minimum absolute atomic E-state index is 0.376. The van der Waals surface area contributed by atoms with Crippen molar-refractivity contribution in [1.82, 2.24) is 0 Å². The van der Waals surface area contributed by atoms with E-state index in [0.717, 1.165) is 22.5 Å². The third-order valence-corrected chi connectivity index (χ3v) is 3.32. The molecule has 0 aliphatic heterocycles. The molecule has 4 heteroatoms. The van der Waals surface area contributed by atoms with Crippen LogP contribution in [0.2, 0.25) is 0 Å². The van der Waals surface area contributed by atoms with E-state index in [1.165, 1.54) is 7.11 Å². The number of hydrogen-bond donors (Lipinski definition) is 0. The van der Waals surface area contributed by atoms with Crippen LogP contribution in [0.4, 0.5) is 0 Å². The third kappa shape index (κ3) is 2.48. The Hall–Kier alpha value is -2.75. The lowest BCUT2D eigenvalue weighted by Crippen LogP contribution is -1.99. The molecule has 0 bridgehead atoms. The fourth-order valence-corrected chi connectivity index (χ4v) is 2.17. The molecule has 3 aromatic rings. The van der Waals surface area contributed by atoms with E-state index in [9.17, 15) is 4.79 Å². The minimum Gasteiger partial charge on any atom is -0.497 e. The second-order valence-corrected chi connectivity index (χ2v) is 4.58. The van der Waals surface area contributed by atoms with Crippen molar-refractivity contribution in [2.45, 2.75) is 0 Å². The average molecular weight is 282 g/mol. The maximum Gasteiger partial charge on any atom is 0.337 e. The number of esters is 1. The molecule has 3 rings (SSSR count). The van der Waals surface area contributed by atoms with Crippen LogP contribution in [0, 0.1) is 0 Å². The molecule has 0 aliphatic rings. The fraction of sp³-hybridized carbons (Fsp3) is 0.118. The lowest BCUT2D eigenvalue weighted by atomic mass is 10.1. The van der Waals surface area contributed by atoms with E-state index < -0.39 is 0 Å². The van der Waals surface area contributed by atoms with Crippen molar-refractivity contribution in [3.8, 4) is 17.1 Å². The normalized spacial score (nSPS) is 10.6. The Morgan fingerprint density at radius 2 is 1.76 bits per heavy atom. The minimum atomic E-state index is -0.376. The Morgan fingerprint density at radius 1 is 1.00 bits per heavy atom. The zero-order valence-corrected chi connectivity index (χ0v) is 11.8. The Balaban J connectivity index is 2.01. The number of furan rings is 1. The summed E-state index contributed by atoms with van der Waals surface area (Å²) in [5.74, 6) is 1.16. The third-order valence-electron chi connectivity index (χ3n) is 3.32. The summed E-state index contributed by atoms with van der Waals surface area (Å²) in [6.07, 6.45) is 0. The molecule has 0 spiro atoms. The predicted octanol–water partition coefficient (Wildman–Crippen LogP) is 3.90. The largest absolute Gasteiger partial charge is 0.497 e. The van der Waals surface area contributed by atoms with Crippen LogP contribution in [-0.2, 0) is 4.74 Å². The molecule has 0 aliphatic carbocycles. The van der Waals surface area contributed by atoms with Crippen LogP contribution in [0.5, 0.6) is 5.75 Å². The monoisotopic (exact) mass is 282 g/mol. The Morgan fingerprint density at radius 3 is 2.43 bits per heavy atom. The van der Waals surface area contributed by atoms with Gasteiger partial charge in [-0.05, 0) is 42.5 Å². The van der Waals surface area contributed by atoms with Gasteiger partial charge >= 0.3 is 5.97 Å². The summed E-state index contributed by atoms with van der Waals surface area (Å²) < 4.78 is 15.7. The van der Waals surface area contributed by atoms with E-state index in [1.54, 1.807) is 19.2 Å². The molecule has 0 saturated heterocycles. The number of carbonyl (C=O) groups is 1. The van der Waals surface area contributed by atoms with Gasteiger partial charge in [0.05, 0.1) is 19.8 Å². The van der Waals surface area contributed by atoms with E-state index in [1.807, 2.05) is 36.4 Å². The first-order valence-corrected chi connectivity index (χ1v) is 6.47. The van der Waals surface area contributed by atoms with Crippen LogP contribution in [0.25, 0.3) is 22.3 Å². The summed E-state index contributed by atoms with van der Waals surface area (Å²) in [5, 5.41) is 0.938. The zero-order chi connectivity index (χ0) is 14.8. The van der Waals surface area contributed by atoms with Crippen molar-refractivity contribution in [1.29, 1.82) is 0 Å². The number of ether oxygens (including phenoxy) is 2. The van der Waals surface area contributed by atoms with E-state index >= 15 is 0 Å². The van der Waals surface area contributed by atoms with Gasteiger partial charge in [0.15, 0.2) is 0 Å². The smallest absolute Gasteiger partial charge is 0.337 e. The Bertz CT molecular complexity index is 784. The van der Waals surface area contributed by atoms with Crippen LogP contribution in [0.3, 0.4) is 0 Å². The quantitative estimate of drug-likeness (QED) is 0.684. The second-order valence-electron chi connectivity index (χ2n) is 4.58. The van der Waals surface area contributed by atoms with Gasteiger partial charge in [0.1, 0.15) is 17.1 Å². The first-order chi connectivity index (χ1) is 10.2. The Labute approximate surface area is 121 Å². The van der Waals surface area contributed by atoms with Crippen molar-refractivity contribution in [2.75, 3.05) is 14.2 Å². The van der Waals surface area contributed by atoms with E-state index in [-0.39, 0.29) is 5.97 Å². The van der Waals surface area contributed by atoms with Gasteiger partial charge in [0.2, 0.25) is 0 Å². The summed E-state index contributed by atoms with van der Waals surface area (Å²) in [7, 11) is 2.99. The van der Waals surface area contributed by atoms with Crippen molar-refractivity contribution in [3.05, 3.63) is 54.1 Å². The molecule has 0 radical (unpaired) electrons. The number of benzene rings is 2. The van der Waals surface area contributed by atoms with Gasteiger partial charge in [-0.15, -0.1) is 0 Å². The van der Waals surface area contributed by atoms with E-state index in [4.69, 9.17) is 13.9 Å². The molecule has 0 amide bonds. The fourth-order valence-electron chi connectivity index (χ4n) is 2.17. The number of hydrogen-bond acceptors (Lipinski definition) is 4. The number of fused-ring (bicyclic) bond motifs is 1. The van der Waals surface area contributed by atoms with Gasteiger partial charge in [0, 0.05) is 10.9 Å². The molecule has 2 aromatic carbocycles. The van der Waals surface area contributed by atoms with Crippen molar-refractivity contribution in [3.63, 3.8) is 0 Å². The van der Waals surface area contributed by atoms with Crippen LogP contribution < -0.4 is 4.74 Å². The maximum absolute atomic E-state index is 11.5. The van der Waals surface area contributed by atoms with Gasteiger partial charge in [-0.1, -0.05) is 6.07 Å². The van der Waals surface area contributed by atoms with E-state index in [0.29, 0.717) is 11.1 Å². The molecule has 0 fully saturated rings. The SMILES string of the molecule is COC(=O)c1ccc2cc(-c3ccc(OC)cc3)oc2c1. The lowest BCUT2D eigenvalue weighted by Gasteiger charge is -2.00. The van der Waals surface area contributed by atoms with Crippen molar-refractivity contribution in [2.24, 2.45) is 0 Å². The van der Waals surface area contributed by atoms with Crippen molar-refractivity contribution < 1.29 is 18.7 Å². The molecular formula is C17H14O4. The first-order valence-electron chi connectivity index (χ1n) is 6.47. The number of methoxy groups -OCH3 is 2. The highest BCUT2D eigenvalue weighted by Crippen LogP contribution is 2.29. The van der Waals surface area contributed by atoms with Gasteiger partial charge < -0.3 is 13.9 Å². The van der Waals surface area contributed by atoms with Gasteiger partial charge in [-0.25, -0.2) is 4.79 Å². The molecule has 1 heterocycles. The van der Waals surface area contributed by atoms with Crippen LogP contribution in [0.15, 0.2) is 52.9 Å².